The first kappa shape index (κ1) is 45.5. The van der Waals surface area contributed by atoms with E-state index in [9.17, 15) is 32.3 Å². The summed E-state index contributed by atoms with van der Waals surface area (Å²) >= 11 is 6.62. The normalized spacial score (nSPS) is 20.9. The Kier molecular flexibility index (Phi) is 12.4. The van der Waals surface area contributed by atoms with E-state index in [1.54, 1.807) is 47.5 Å². The van der Waals surface area contributed by atoms with Crippen molar-refractivity contribution in [2.75, 3.05) is 43.5 Å². The number of hydrogen-bond acceptors (Lipinski definition) is 9. The van der Waals surface area contributed by atoms with Gasteiger partial charge < -0.3 is 39.8 Å². The van der Waals surface area contributed by atoms with Gasteiger partial charge in [0.25, 0.3) is 5.91 Å². The largest absolute Gasteiger partial charge is 0.573 e. The number of anilines is 2. The minimum Gasteiger partial charge on any atom is -0.453 e. The van der Waals surface area contributed by atoms with Crippen molar-refractivity contribution in [3.05, 3.63) is 89.0 Å². The van der Waals surface area contributed by atoms with Crippen LogP contribution in [0.2, 0.25) is 5.02 Å². The third kappa shape index (κ3) is 9.94. The standard InChI is InChI=1S/C47H52ClF3N8O6/c1-25(2)40(56-45(63)64-6)44(62)59-24-31(27-7-8-27)17-37(59)41-53-22-36(54-41)29-11-9-28(10-12-29)32-18-34(48)35(19-38(32)65-47(49,50)51)55-42(60)30-13-14-39(52-21-30)58-16-15-57(23-26(58)3)43(61)33-20-46(33,4)5/h9-14,17-19,21-22,25-27,33,37,40H,7-8,15-16,20,23-24H2,1-6H3,(H,53,54)(H,55,60)(H,56,63). The molecule has 2 aliphatic carbocycles. The van der Waals surface area contributed by atoms with Crippen molar-refractivity contribution < 1.29 is 41.8 Å². The molecule has 4 unspecified atom stereocenters. The van der Waals surface area contributed by atoms with Crippen molar-refractivity contribution >= 4 is 46.9 Å². The smallest absolute Gasteiger partial charge is 0.453 e. The van der Waals surface area contributed by atoms with Crippen molar-refractivity contribution in [1.29, 1.82) is 0 Å². The predicted molar refractivity (Wildman–Crippen MR) is 238 cm³/mol. The highest BCUT2D eigenvalue weighted by Crippen LogP contribution is 2.52. The lowest BCUT2D eigenvalue weighted by Crippen LogP contribution is -2.54. The molecule has 4 aliphatic rings. The molecule has 14 nitrogen and oxygen atoms in total. The van der Waals surface area contributed by atoms with E-state index in [2.05, 4.69) is 49.1 Å². The molecule has 65 heavy (non-hydrogen) atoms. The summed E-state index contributed by atoms with van der Waals surface area (Å²) in [6, 6.07) is 10.9. The highest BCUT2D eigenvalue weighted by molar-refractivity contribution is 6.34. The van der Waals surface area contributed by atoms with Crippen LogP contribution in [-0.2, 0) is 14.3 Å². The third-order valence-corrected chi connectivity index (χ3v) is 13.1. The van der Waals surface area contributed by atoms with Crippen LogP contribution in [0, 0.1) is 23.2 Å². The predicted octanol–water partition coefficient (Wildman–Crippen LogP) is 8.63. The van der Waals surface area contributed by atoms with Gasteiger partial charge in [-0.1, -0.05) is 69.6 Å². The number of methoxy groups -OCH3 is 1. The molecule has 0 radical (unpaired) electrons. The average molecular weight is 917 g/mol. The fourth-order valence-corrected chi connectivity index (χ4v) is 8.93. The van der Waals surface area contributed by atoms with E-state index in [0.717, 1.165) is 30.9 Å². The van der Waals surface area contributed by atoms with Crippen LogP contribution in [0.15, 0.2) is 72.6 Å². The SMILES string of the molecule is COC(=O)NC(C(=O)N1CC(C2CC2)=CC1c1ncc(-c2ccc(-c3cc(Cl)c(NC(=O)c4ccc(N5CCN(C(=O)C6CC6(C)C)CC5C)nc4)cc3OC(F)(F)F)cc2)[nH]1)C(C)C. The van der Waals surface area contributed by atoms with Crippen LogP contribution in [0.1, 0.15) is 76.1 Å². The van der Waals surface area contributed by atoms with Gasteiger partial charge in [0.15, 0.2) is 0 Å². The number of carbonyl (C=O) groups is 4. The number of aromatic amines is 1. The number of H-pyrrole nitrogens is 1. The van der Waals surface area contributed by atoms with Crippen LogP contribution in [0.4, 0.5) is 29.5 Å². The topological polar surface area (TPSA) is 162 Å². The fraction of sp³-hybridized carbons (Fsp3) is 0.447. The number of pyridine rings is 1. The maximum absolute atomic E-state index is 13.9. The number of halogens is 4. The summed E-state index contributed by atoms with van der Waals surface area (Å²) < 4.78 is 50.7. The number of benzene rings is 2. The second-order valence-corrected chi connectivity index (χ2v) is 18.8. The van der Waals surface area contributed by atoms with E-state index >= 15 is 0 Å². The number of aromatic nitrogens is 3. The van der Waals surface area contributed by atoms with Gasteiger partial charge in [-0.05, 0) is 78.3 Å². The number of hydrogen-bond donors (Lipinski definition) is 3. The van der Waals surface area contributed by atoms with Crippen LogP contribution >= 0.6 is 11.6 Å². The van der Waals surface area contributed by atoms with E-state index in [4.69, 9.17) is 16.3 Å². The van der Waals surface area contributed by atoms with Crippen LogP contribution < -0.4 is 20.3 Å². The molecule has 4 aromatic rings. The van der Waals surface area contributed by atoms with Crippen molar-refractivity contribution in [3.63, 3.8) is 0 Å². The number of ether oxygens (including phenoxy) is 2. The molecule has 1 saturated heterocycles. The fourth-order valence-electron chi connectivity index (χ4n) is 8.72. The van der Waals surface area contributed by atoms with Crippen LogP contribution in [0.3, 0.4) is 0 Å². The molecule has 2 aromatic carbocycles. The van der Waals surface area contributed by atoms with Gasteiger partial charge in [0.2, 0.25) is 11.8 Å². The quantitative estimate of drug-likeness (QED) is 0.118. The molecule has 3 fully saturated rings. The Hall–Kier alpha value is -6.10. The van der Waals surface area contributed by atoms with Gasteiger partial charge in [-0.25, -0.2) is 14.8 Å². The minimum atomic E-state index is -5.06. The van der Waals surface area contributed by atoms with Gasteiger partial charge >= 0.3 is 12.5 Å². The Labute approximate surface area is 379 Å². The van der Waals surface area contributed by atoms with Crippen molar-refractivity contribution in [3.8, 4) is 28.1 Å². The molecule has 2 saturated carbocycles. The number of alkyl carbamates (subject to hydrolysis) is 1. The first-order valence-electron chi connectivity index (χ1n) is 21.7. The number of amides is 4. The molecule has 0 spiro atoms. The molecule has 4 amide bonds. The number of imidazole rings is 1. The van der Waals surface area contributed by atoms with Crippen molar-refractivity contribution in [2.45, 2.75) is 78.4 Å². The molecule has 4 heterocycles. The van der Waals surface area contributed by atoms with Crippen LogP contribution in [0.5, 0.6) is 5.75 Å². The Morgan fingerprint density at radius 1 is 0.985 bits per heavy atom. The van der Waals surface area contributed by atoms with Crippen LogP contribution in [-0.4, -0.2) is 100 Å². The molecule has 344 valence electrons. The molecule has 4 atom stereocenters. The lowest BCUT2D eigenvalue weighted by molar-refractivity contribution is -0.274. The minimum absolute atomic E-state index is 0.00657. The van der Waals surface area contributed by atoms with Gasteiger partial charge in [-0.2, -0.15) is 0 Å². The first-order chi connectivity index (χ1) is 30.8. The zero-order chi connectivity index (χ0) is 46.5. The molecule has 2 aliphatic heterocycles. The molecule has 18 heteroatoms. The lowest BCUT2D eigenvalue weighted by Gasteiger charge is -2.40. The van der Waals surface area contributed by atoms with Crippen LogP contribution in [0.25, 0.3) is 22.4 Å². The van der Waals surface area contributed by atoms with E-state index in [1.807, 2.05) is 31.7 Å². The summed E-state index contributed by atoms with van der Waals surface area (Å²) in [5.74, 6) is 0.0912. The maximum Gasteiger partial charge on any atom is 0.573 e. The summed E-state index contributed by atoms with van der Waals surface area (Å²) in [6.45, 7) is 12.0. The highest BCUT2D eigenvalue weighted by Gasteiger charge is 2.52. The number of carbonyl (C=O) groups excluding carboxylic acids is 4. The third-order valence-electron chi connectivity index (χ3n) is 12.8. The lowest BCUT2D eigenvalue weighted by atomic mass is 10.0. The maximum atomic E-state index is 13.9. The second kappa shape index (κ2) is 17.7. The molecular weight excluding hydrogens is 865 g/mol. The highest BCUT2D eigenvalue weighted by atomic mass is 35.5. The summed E-state index contributed by atoms with van der Waals surface area (Å²) in [5.41, 5.74) is 2.90. The number of alkyl halides is 3. The summed E-state index contributed by atoms with van der Waals surface area (Å²) in [6.07, 6.45) is 2.28. The summed E-state index contributed by atoms with van der Waals surface area (Å²) in [7, 11) is 1.24. The van der Waals surface area contributed by atoms with E-state index in [-0.39, 0.29) is 56.9 Å². The molecule has 0 bridgehead atoms. The zero-order valence-electron chi connectivity index (χ0n) is 37.0. The number of rotatable bonds is 12. The zero-order valence-corrected chi connectivity index (χ0v) is 37.7. The number of nitrogens with zero attached hydrogens (tertiary/aromatic N) is 5. The Morgan fingerprint density at radius 3 is 2.29 bits per heavy atom. The van der Waals surface area contributed by atoms with E-state index in [1.165, 1.54) is 19.4 Å². The molecule has 2 aromatic heterocycles. The Morgan fingerprint density at radius 2 is 1.69 bits per heavy atom. The van der Waals surface area contributed by atoms with Crippen molar-refractivity contribution in [2.24, 2.45) is 23.2 Å². The monoisotopic (exact) mass is 916 g/mol. The second-order valence-electron chi connectivity index (χ2n) is 18.4. The summed E-state index contributed by atoms with van der Waals surface area (Å²) in [4.78, 5) is 70.6. The van der Waals surface area contributed by atoms with Gasteiger partial charge in [0.05, 0.1) is 35.3 Å². The first-order valence-corrected chi connectivity index (χ1v) is 22.1. The van der Waals surface area contributed by atoms with Gasteiger partial charge in [0.1, 0.15) is 29.5 Å². The molecule has 3 N–H and O–H groups in total. The average Bonchev–Trinajstić information content (AvgIpc) is 4.10. The van der Waals surface area contributed by atoms with E-state index in [0.29, 0.717) is 60.6 Å². The van der Waals surface area contributed by atoms with Gasteiger partial charge in [-0.3, -0.25) is 14.4 Å². The Bertz CT molecular complexity index is 2510. The molecular formula is C47H52ClF3N8O6. The number of nitrogens with one attached hydrogen (secondary N) is 3. The molecule has 8 rings (SSSR count). The number of piperazine rings is 1. The van der Waals surface area contributed by atoms with Gasteiger partial charge in [0, 0.05) is 56.0 Å². The van der Waals surface area contributed by atoms with Gasteiger partial charge in [-0.15, -0.1) is 13.2 Å². The van der Waals surface area contributed by atoms with E-state index < -0.39 is 36.2 Å². The summed E-state index contributed by atoms with van der Waals surface area (Å²) in [5, 5.41) is 5.24. The van der Waals surface area contributed by atoms with Crippen molar-refractivity contribution in [1.82, 2.24) is 30.1 Å². The Balaban J connectivity index is 0.963.